The van der Waals surface area contributed by atoms with Crippen LogP contribution in [0.5, 0.6) is 0 Å². The van der Waals surface area contributed by atoms with Gasteiger partial charge in [-0.15, -0.1) is 11.8 Å². The number of carbonyl (C=O) groups excluding carboxylic acids is 1. The summed E-state index contributed by atoms with van der Waals surface area (Å²) in [6, 6.07) is 18.2. The second kappa shape index (κ2) is 7.48. The molecule has 4 rings (SSSR count). The first-order valence-electron chi connectivity index (χ1n) is 9.02. The molecule has 3 aromatic rings. The lowest BCUT2D eigenvalue weighted by atomic mass is 10.2. The molecule has 138 valence electrons. The molecule has 0 unspecified atom stereocenters. The van der Waals surface area contributed by atoms with Gasteiger partial charge in [-0.2, -0.15) is 5.10 Å². The maximum atomic E-state index is 12.7. The highest BCUT2D eigenvalue weighted by atomic mass is 32.2. The number of hydrogen-bond donors (Lipinski definition) is 1. The van der Waals surface area contributed by atoms with Crippen LogP contribution in [-0.2, 0) is 4.79 Å². The molecule has 1 aliphatic rings. The summed E-state index contributed by atoms with van der Waals surface area (Å²) in [4.78, 5) is 16.1. The van der Waals surface area contributed by atoms with E-state index in [2.05, 4.69) is 27.4 Å². The van der Waals surface area contributed by atoms with Crippen molar-refractivity contribution in [3.63, 3.8) is 0 Å². The molecule has 1 amide bonds. The van der Waals surface area contributed by atoms with E-state index < -0.39 is 0 Å². The first-order valence-corrected chi connectivity index (χ1v) is 10.0. The van der Waals surface area contributed by atoms with Crippen LogP contribution < -0.4 is 10.2 Å². The maximum absolute atomic E-state index is 12.7. The van der Waals surface area contributed by atoms with Crippen LogP contribution in [-0.4, -0.2) is 34.5 Å². The lowest BCUT2D eigenvalue weighted by molar-refractivity contribution is -0.115. The minimum Gasteiger partial charge on any atom is -0.360 e. The average Bonchev–Trinajstić information content (AvgIpc) is 2.97. The number of fused-ring (bicyclic) bond motifs is 1. The normalized spacial score (nSPS) is 13.3. The summed E-state index contributed by atoms with van der Waals surface area (Å²) in [5, 5.41) is 7.68. The van der Waals surface area contributed by atoms with Gasteiger partial charge in [-0.05, 0) is 38.1 Å². The van der Waals surface area contributed by atoms with Gasteiger partial charge in [0, 0.05) is 17.2 Å². The van der Waals surface area contributed by atoms with E-state index in [1.165, 1.54) is 4.90 Å². The minimum absolute atomic E-state index is 0.0180. The van der Waals surface area contributed by atoms with Crippen molar-refractivity contribution in [1.82, 2.24) is 9.78 Å². The third-order valence-electron chi connectivity index (χ3n) is 4.72. The van der Waals surface area contributed by atoms with Crippen LogP contribution in [0.4, 0.5) is 11.4 Å². The summed E-state index contributed by atoms with van der Waals surface area (Å²) in [5.74, 6) is 0.976. The molecule has 0 aliphatic carbocycles. The fraction of sp³-hybridized carbons (Fsp3) is 0.238. The number of nitrogens with one attached hydrogen (secondary N) is 1. The number of carbonyl (C=O) groups is 1. The highest BCUT2D eigenvalue weighted by Crippen LogP contribution is 2.34. The number of rotatable bonds is 4. The summed E-state index contributed by atoms with van der Waals surface area (Å²) in [6.45, 7) is 5.12. The number of thioether (sulfide) groups is 1. The number of aromatic nitrogens is 2. The minimum atomic E-state index is -0.0180. The Bertz CT molecular complexity index is 968. The highest BCUT2D eigenvalue weighted by molar-refractivity contribution is 7.99. The zero-order chi connectivity index (χ0) is 18.8. The van der Waals surface area contributed by atoms with Crippen molar-refractivity contribution in [1.29, 1.82) is 0 Å². The summed E-state index contributed by atoms with van der Waals surface area (Å²) < 4.78 is 1.87. The van der Waals surface area contributed by atoms with Crippen LogP contribution in [0, 0.1) is 13.8 Å². The van der Waals surface area contributed by atoms with E-state index in [-0.39, 0.29) is 5.91 Å². The van der Waals surface area contributed by atoms with Crippen LogP contribution in [0.25, 0.3) is 5.69 Å². The summed E-state index contributed by atoms with van der Waals surface area (Å²) in [5.41, 5.74) is 4.67. The second-order valence-corrected chi connectivity index (χ2v) is 7.72. The molecular weight excluding hydrogens is 356 g/mol. The highest BCUT2D eigenvalue weighted by Gasteiger charge is 2.21. The third kappa shape index (κ3) is 3.57. The molecule has 5 nitrogen and oxygen atoms in total. The molecule has 0 saturated heterocycles. The van der Waals surface area contributed by atoms with Gasteiger partial charge in [0.1, 0.15) is 0 Å². The van der Waals surface area contributed by atoms with Gasteiger partial charge >= 0.3 is 0 Å². The zero-order valence-corrected chi connectivity index (χ0v) is 16.3. The molecule has 1 aromatic heterocycles. The fourth-order valence-electron chi connectivity index (χ4n) is 3.39. The molecule has 2 heterocycles. The Kier molecular flexibility index (Phi) is 4.90. The quantitative estimate of drug-likeness (QED) is 0.744. The van der Waals surface area contributed by atoms with E-state index in [1.54, 1.807) is 0 Å². The Labute approximate surface area is 163 Å². The third-order valence-corrected chi connectivity index (χ3v) is 5.76. The Hall–Kier alpha value is -2.73. The van der Waals surface area contributed by atoms with Gasteiger partial charge in [-0.25, -0.2) is 4.68 Å². The molecule has 6 heteroatoms. The van der Waals surface area contributed by atoms with Crippen molar-refractivity contribution in [3.05, 3.63) is 66.0 Å². The lowest BCUT2D eigenvalue weighted by Crippen LogP contribution is -2.36. The van der Waals surface area contributed by atoms with Gasteiger partial charge in [-0.3, -0.25) is 4.79 Å². The molecule has 0 fully saturated rings. The number of anilines is 2. The van der Waals surface area contributed by atoms with Crippen molar-refractivity contribution in [2.75, 3.05) is 29.1 Å². The Morgan fingerprint density at radius 1 is 1.11 bits per heavy atom. The standard InChI is InChI=1S/C21H22N4OS/c1-15-21(16(2)25(23-15)17-8-4-3-5-9-17)22-20(26)14-24-12-13-27-19-11-7-6-10-18(19)24/h3-11H,12-14H2,1-2H3,(H,22,26). The maximum Gasteiger partial charge on any atom is 0.243 e. The van der Waals surface area contributed by atoms with Gasteiger partial charge in [0.15, 0.2) is 0 Å². The SMILES string of the molecule is Cc1nn(-c2ccccc2)c(C)c1NC(=O)CN1CCSc2ccccc21. The fourth-order valence-corrected chi connectivity index (χ4v) is 4.44. The molecule has 27 heavy (non-hydrogen) atoms. The van der Waals surface area contributed by atoms with Crippen molar-refractivity contribution < 1.29 is 4.79 Å². The van der Waals surface area contributed by atoms with Crippen LogP contribution in [0.3, 0.4) is 0 Å². The zero-order valence-electron chi connectivity index (χ0n) is 15.5. The Balaban J connectivity index is 1.52. The molecule has 2 aromatic carbocycles. The van der Waals surface area contributed by atoms with E-state index in [1.807, 2.05) is 72.8 Å². The summed E-state index contributed by atoms with van der Waals surface area (Å²) in [6.07, 6.45) is 0. The van der Waals surface area contributed by atoms with Crippen molar-refractivity contribution in [3.8, 4) is 5.69 Å². The van der Waals surface area contributed by atoms with E-state index in [4.69, 9.17) is 0 Å². The number of benzene rings is 2. The van der Waals surface area contributed by atoms with Crippen LogP contribution in [0.15, 0.2) is 59.5 Å². The Morgan fingerprint density at radius 2 is 1.85 bits per heavy atom. The van der Waals surface area contributed by atoms with E-state index >= 15 is 0 Å². The molecule has 0 saturated carbocycles. The van der Waals surface area contributed by atoms with Gasteiger partial charge in [0.05, 0.1) is 35.0 Å². The van der Waals surface area contributed by atoms with E-state index in [9.17, 15) is 4.79 Å². The van der Waals surface area contributed by atoms with Gasteiger partial charge in [0.2, 0.25) is 5.91 Å². The topological polar surface area (TPSA) is 50.2 Å². The molecule has 0 spiro atoms. The predicted octanol–water partition coefficient (Wildman–Crippen LogP) is 4.04. The summed E-state index contributed by atoms with van der Waals surface area (Å²) in [7, 11) is 0. The number of nitrogens with zero attached hydrogens (tertiary/aromatic N) is 3. The monoisotopic (exact) mass is 378 g/mol. The molecule has 1 aliphatic heterocycles. The molecular formula is C21H22N4OS. The predicted molar refractivity (Wildman–Crippen MR) is 111 cm³/mol. The van der Waals surface area contributed by atoms with Crippen molar-refractivity contribution >= 4 is 29.0 Å². The molecule has 0 radical (unpaired) electrons. The lowest BCUT2D eigenvalue weighted by Gasteiger charge is -2.30. The van der Waals surface area contributed by atoms with E-state index in [0.29, 0.717) is 6.54 Å². The smallest absolute Gasteiger partial charge is 0.243 e. The summed E-state index contributed by atoms with van der Waals surface area (Å²) >= 11 is 1.84. The van der Waals surface area contributed by atoms with Crippen LogP contribution >= 0.6 is 11.8 Å². The van der Waals surface area contributed by atoms with Gasteiger partial charge < -0.3 is 10.2 Å². The number of para-hydroxylation sites is 2. The molecule has 0 bridgehead atoms. The van der Waals surface area contributed by atoms with Crippen molar-refractivity contribution in [2.45, 2.75) is 18.7 Å². The first-order chi connectivity index (χ1) is 13.1. The first kappa shape index (κ1) is 17.7. The van der Waals surface area contributed by atoms with Crippen molar-refractivity contribution in [2.24, 2.45) is 0 Å². The number of amides is 1. The second-order valence-electron chi connectivity index (χ2n) is 6.58. The number of aryl methyl sites for hydroxylation is 1. The number of hydrogen-bond acceptors (Lipinski definition) is 4. The van der Waals surface area contributed by atoms with Crippen LogP contribution in [0.2, 0.25) is 0 Å². The van der Waals surface area contributed by atoms with Gasteiger partial charge in [-0.1, -0.05) is 30.3 Å². The molecule has 1 N–H and O–H groups in total. The van der Waals surface area contributed by atoms with Gasteiger partial charge in [0.25, 0.3) is 0 Å². The Morgan fingerprint density at radius 3 is 2.67 bits per heavy atom. The average molecular weight is 379 g/mol. The molecule has 0 atom stereocenters. The van der Waals surface area contributed by atoms with Crippen LogP contribution in [0.1, 0.15) is 11.4 Å². The largest absolute Gasteiger partial charge is 0.360 e. The van der Waals surface area contributed by atoms with E-state index in [0.717, 1.165) is 40.7 Å².